The summed E-state index contributed by atoms with van der Waals surface area (Å²) in [4.78, 5) is 12.0. The van der Waals surface area contributed by atoms with E-state index in [1.54, 1.807) is 0 Å². The lowest BCUT2D eigenvalue weighted by Gasteiger charge is -2.14. The maximum atomic E-state index is 12.0. The van der Waals surface area contributed by atoms with Gasteiger partial charge in [0.15, 0.2) is 0 Å². The van der Waals surface area contributed by atoms with E-state index in [9.17, 15) is 4.79 Å². The minimum atomic E-state index is 0.101. The molecule has 0 spiro atoms. The van der Waals surface area contributed by atoms with Crippen molar-refractivity contribution in [3.8, 4) is 0 Å². The summed E-state index contributed by atoms with van der Waals surface area (Å²) in [6, 6.07) is 8.69. The van der Waals surface area contributed by atoms with Crippen LogP contribution in [0.2, 0.25) is 0 Å². The van der Waals surface area contributed by atoms with Gasteiger partial charge in [-0.2, -0.15) is 0 Å². The summed E-state index contributed by atoms with van der Waals surface area (Å²) in [7, 11) is 0. The molecule has 1 aliphatic carbocycles. The fourth-order valence-electron chi connectivity index (χ4n) is 2.85. The first-order valence-electron chi connectivity index (χ1n) is 7.79. The van der Waals surface area contributed by atoms with E-state index in [2.05, 4.69) is 30.5 Å². The molecule has 1 amide bonds. The largest absolute Gasteiger partial charge is 0.326 e. The molecule has 2 N–H and O–H groups in total. The molecule has 1 saturated carbocycles. The second kappa shape index (κ2) is 7.44. The number of benzene rings is 1. The molecule has 0 bridgehead atoms. The second-order valence-electron chi connectivity index (χ2n) is 5.98. The number of para-hydroxylation sites is 1. The second-order valence-corrected chi connectivity index (χ2v) is 5.98. The molecule has 0 radical (unpaired) electrons. The van der Waals surface area contributed by atoms with Crippen LogP contribution in [0.15, 0.2) is 24.3 Å². The van der Waals surface area contributed by atoms with Gasteiger partial charge in [-0.25, -0.2) is 0 Å². The van der Waals surface area contributed by atoms with Gasteiger partial charge >= 0.3 is 0 Å². The summed E-state index contributed by atoms with van der Waals surface area (Å²) in [5, 5.41) is 6.51. The topological polar surface area (TPSA) is 41.1 Å². The predicted molar refractivity (Wildman–Crippen MR) is 84.0 cm³/mol. The van der Waals surface area contributed by atoms with Gasteiger partial charge < -0.3 is 10.6 Å². The van der Waals surface area contributed by atoms with Crippen molar-refractivity contribution in [3.05, 3.63) is 29.8 Å². The molecular weight excluding hydrogens is 248 g/mol. The molecule has 0 atom stereocenters. The van der Waals surface area contributed by atoms with E-state index in [1.165, 1.54) is 31.2 Å². The van der Waals surface area contributed by atoms with Gasteiger partial charge in [-0.05, 0) is 30.4 Å². The third kappa shape index (κ3) is 4.34. The zero-order valence-corrected chi connectivity index (χ0v) is 12.6. The van der Waals surface area contributed by atoms with Gasteiger partial charge in [0.05, 0.1) is 0 Å². The number of carbonyl (C=O) groups excluding carboxylic acids is 1. The molecule has 3 nitrogen and oxygen atoms in total. The minimum absolute atomic E-state index is 0.101. The molecule has 1 aromatic rings. The molecule has 0 aliphatic heterocycles. The summed E-state index contributed by atoms with van der Waals surface area (Å²) in [6.07, 6.45) is 5.72. The van der Waals surface area contributed by atoms with Crippen molar-refractivity contribution in [2.45, 2.75) is 57.9 Å². The molecular formula is C17H26N2O. The first-order chi connectivity index (χ1) is 9.66. The van der Waals surface area contributed by atoms with Gasteiger partial charge in [0.2, 0.25) is 5.91 Å². The number of amides is 1. The van der Waals surface area contributed by atoms with Crippen molar-refractivity contribution in [2.75, 3.05) is 11.9 Å². The number of hydrogen-bond donors (Lipinski definition) is 2. The van der Waals surface area contributed by atoms with E-state index in [1.807, 2.05) is 18.2 Å². The first kappa shape index (κ1) is 15.0. The Morgan fingerprint density at radius 1 is 1.25 bits per heavy atom. The Morgan fingerprint density at radius 2 is 1.95 bits per heavy atom. The highest BCUT2D eigenvalue weighted by molar-refractivity contribution is 5.91. The number of anilines is 1. The highest BCUT2D eigenvalue weighted by Gasteiger charge is 2.14. The van der Waals surface area contributed by atoms with Crippen LogP contribution < -0.4 is 10.6 Å². The van der Waals surface area contributed by atoms with Gasteiger partial charge in [0.1, 0.15) is 0 Å². The van der Waals surface area contributed by atoms with Gasteiger partial charge in [-0.1, -0.05) is 44.9 Å². The molecule has 1 aromatic carbocycles. The third-order valence-electron chi connectivity index (χ3n) is 4.00. The molecule has 0 aromatic heterocycles. The fourth-order valence-corrected chi connectivity index (χ4v) is 2.85. The highest BCUT2D eigenvalue weighted by Crippen LogP contribution is 2.23. The van der Waals surface area contributed by atoms with E-state index in [0.29, 0.717) is 18.4 Å². The maximum Gasteiger partial charge on any atom is 0.225 e. The Hall–Kier alpha value is -1.35. The highest BCUT2D eigenvalue weighted by atomic mass is 16.1. The molecule has 3 heteroatoms. The molecule has 1 fully saturated rings. The molecule has 0 unspecified atom stereocenters. The van der Waals surface area contributed by atoms with Crippen molar-refractivity contribution in [1.29, 1.82) is 0 Å². The minimum Gasteiger partial charge on any atom is -0.326 e. The monoisotopic (exact) mass is 274 g/mol. The Kier molecular flexibility index (Phi) is 5.60. The van der Waals surface area contributed by atoms with Crippen molar-refractivity contribution in [1.82, 2.24) is 5.32 Å². The van der Waals surface area contributed by atoms with Crippen LogP contribution in [0.25, 0.3) is 0 Å². The van der Waals surface area contributed by atoms with Crippen LogP contribution in [-0.4, -0.2) is 18.5 Å². The van der Waals surface area contributed by atoms with Gasteiger partial charge in [-0.3, -0.25) is 4.79 Å². The Balaban J connectivity index is 1.79. The van der Waals surface area contributed by atoms with E-state index in [0.717, 1.165) is 12.2 Å². The number of rotatable bonds is 6. The summed E-state index contributed by atoms with van der Waals surface area (Å²) >= 11 is 0. The van der Waals surface area contributed by atoms with E-state index >= 15 is 0 Å². The van der Waals surface area contributed by atoms with E-state index in [-0.39, 0.29) is 5.91 Å². The molecule has 0 heterocycles. The van der Waals surface area contributed by atoms with Crippen molar-refractivity contribution < 1.29 is 4.79 Å². The quantitative estimate of drug-likeness (QED) is 0.831. The lowest BCUT2D eigenvalue weighted by molar-refractivity contribution is -0.116. The average molecular weight is 274 g/mol. The number of carbonyl (C=O) groups is 1. The van der Waals surface area contributed by atoms with Gasteiger partial charge in [0, 0.05) is 24.7 Å². The third-order valence-corrected chi connectivity index (χ3v) is 4.00. The zero-order valence-electron chi connectivity index (χ0n) is 12.6. The van der Waals surface area contributed by atoms with E-state index < -0.39 is 0 Å². The standard InChI is InChI=1S/C17H26N2O/c1-13(2)15-9-5-6-10-16(15)19-17(20)11-12-18-14-7-3-4-8-14/h5-6,9-10,13-14,18H,3-4,7-8,11-12H2,1-2H3,(H,19,20). The number of hydrogen-bond acceptors (Lipinski definition) is 2. The summed E-state index contributed by atoms with van der Waals surface area (Å²) in [5.74, 6) is 0.520. The summed E-state index contributed by atoms with van der Waals surface area (Å²) in [6.45, 7) is 5.07. The zero-order chi connectivity index (χ0) is 14.4. The molecule has 110 valence electrons. The van der Waals surface area contributed by atoms with Crippen LogP contribution in [0.5, 0.6) is 0 Å². The van der Waals surface area contributed by atoms with Crippen molar-refractivity contribution >= 4 is 11.6 Å². The van der Waals surface area contributed by atoms with Crippen LogP contribution in [0, 0.1) is 0 Å². The number of nitrogens with one attached hydrogen (secondary N) is 2. The molecule has 2 rings (SSSR count). The fraction of sp³-hybridized carbons (Fsp3) is 0.588. The average Bonchev–Trinajstić information content (AvgIpc) is 2.92. The van der Waals surface area contributed by atoms with Crippen molar-refractivity contribution in [2.24, 2.45) is 0 Å². The Bertz CT molecular complexity index is 436. The van der Waals surface area contributed by atoms with Crippen LogP contribution in [0.1, 0.15) is 57.4 Å². The SMILES string of the molecule is CC(C)c1ccccc1NC(=O)CCNC1CCCC1. The smallest absolute Gasteiger partial charge is 0.225 e. The van der Waals surface area contributed by atoms with Crippen LogP contribution in [-0.2, 0) is 4.79 Å². The summed E-state index contributed by atoms with van der Waals surface area (Å²) in [5.41, 5.74) is 2.15. The predicted octanol–water partition coefficient (Wildman–Crippen LogP) is 3.67. The van der Waals surface area contributed by atoms with Crippen LogP contribution in [0.3, 0.4) is 0 Å². The van der Waals surface area contributed by atoms with Gasteiger partial charge in [-0.15, -0.1) is 0 Å². The maximum absolute atomic E-state index is 12.0. The van der Waals surface area contributed by atoms with Crippen molar-refractivity contribution in [3.63, 3.8) is 0 Å². The van der Waals surface area contributed by atoms with Gasteiger partial charge in [0.25, 0.3) is 0 Å². The van der Waals surface area contributed by atoms with Crippen LogP contribution in [0.4, 0.5) is 5.69 Å². The van der Waals surface area contributed by atoms with E-state index in [4.69, 9.17) is 0 Å². The molecule has 20 heavy (non-hydrogen) atoms. The first-order valence-corrected chi connectivity index (χ1v) is 7.79. The van der Waals surface area contributed by atoms with Crippen LogP contribution >= 0.6 is 0 Å². The Morgan fingerprint density at radius 3 is 2.65 bits per heavy atom. The lowest BCUT2D eigenvalue weighted by Crippen LogP contribution is -2.29. The Labute approximate surface area is 122 Å². The molecule has 0 saturated heterocycles. The summed E-state index contributed by atoms with van der Waals surface area (Å²) < 4.78 is 0. The normalized spacial score (nSPS) is 15.8. The lowest BCUT2D eigenvalue weighted by atomic mass is 10.0. The molecule has 1 aliphatic rings.